The normalized spacial score (nSPS) is 11.5. The van der Waals surface area contributed by atoms with Gasteiger partial charge in [-0.05, 0) is 36.6 Å². The number of rotatable bonds is 12. The number of phenolic OH excluding ortho intramolecular Hbond substituents is 1. The standard InChI is InChI=1S/C22H30O5S/c1-2-3-4-5-6-7-8-10-13-18-16-17-20(21(23)22(18)28(24,25)26)27-19-14-11-9-12-15-19/h9,11-12,14-17,23H,2-8,10,13H2,1H3,(H,24,25,26). The van der Waals surface area contributed by atoms with Crippen molar-refractivity contribution in [3.05, 3.63) is 48.0 Å². The summed E-state index contributed by atoms with van der Waals surface area (Å²) in [5, 5.41) is 10.4. The van der Waals surface area contributed by atoms with Gasteiger partial charge >= 0.3 is 0 Å². The highest BCUT2D eigenvalue weighted by Gasteiger charge is 2.24. The molecule has 0 unspecified atom stereocenters. The van der Waals surface area contributed by atoms with Crippen LogP contribution in [0.25, 0.3) is 0 Å². The van der Waals surface area contributed by atoms with E-state index in [1.54, 1.807) is 30.3 Å². The van der Waals surface area contributed by atoms with Crippen LogP contribution in [0.5, 0.6) is 17.2 Å². The van der Waals surface area contributed by atoms with Crippen molar-refractivity contribution in [3.8, 4) is 17.2 Å². The van der Waals surface area contributed by atoms with Gasteiger partial charge in [0.2, 0.25) is 0 Å². The Bertz CT molecular complexity index is 832. The number of hydrogen-bond donors (Lipinski definition) is 2. The van der Waals surface area contributed by atoms with Gasteiger partial charge in [-0.2, -0.15) is 8.42 Å². The highest BCUT2D eigenvalue weighted by atomic mass is 32.2. The van der Waals surface area contributed by atoms with Crippen LogP contribution < -0.4 is 4.74 Å². The number of unbranched alkanes of at least 4 members (excludes halogenated alkanes) is 7. The first-order valence-corrected chi connectivity index (χ1v) is 11.4. The van der Waals surface area contributed by atoms with Crippen molar-refractivity contribution in [1.29, 1.82) is 0 Å². The molecule has 5 nitrogen and oxygen atoms in total. The lowest BCUT2D eigenvalue weighted by atomic mass is 10.0. The number of aromatic hydroxyl groups is 1. The lowest BCUT2D eigenvalue weighted by Gasteiger charge is -2.13. The van der Waals surface area contributed by atoms with Gasteiger partial charge in [0.15, 0.2) is 11.5 Å². The van der Waals surface area contributed by atoms with Crippen LogP contribution in [0, 0.1) is 0 Å². The summed E-state index contributed by atoms with van der Waals surface area (Å²) in [6, 6.07) is 11.9. The SMILES string of the molecule is CCCCCCCCCCc1ccc(Oc2ccccc2)c(O)c1S(=O)(=O)O. The molecule has 0 radical (unpaired) electrons. The monoisotopic (exact) mass is 406 g/mol. The molecule has 0 heterocycles. The Morgan fingerprint density at radius 2 is 1.46 bits per heavy atom. The summed E-state index contributed by atoms with van der Waals surface area (Å²) in [4.78, 5) is -0.455. The van der Waals surface area contributed by atoms with Crippen molar-refractivity contribution in [2.24, 2.45) is 0 Å². The van der Waals surface area contributed by atoms with Crippen molar-refractivity contribution < 1.29 is 22.8 Å². The van der Waals surface area contributed by atoms with Gasteiger partial charge in [0, 0.05) is 0 Å². The molecule has 0 aliphatic heterocycles. The summed E-state index contributed by atoms with van der Waals surface area (Å²) < 4.78 is 38.9. The molecule has 0 aliphatic rings. The van der Waals surface area contributed by atoms with E-state index in [0.717, 1.165) is 19.3 Å². The van der Waals surface area contributed by atoms with E-state index in [2.05, 4.69) is 6.92 Å². The smallest absolute Gasteiger partial charge is 0.298 e. The third kappa shape index (κ3) is 6.84. The Morgan fingerprint density at radius 3 is 2.07 bits per heavy atom. The van der Waals surface area contributed by atoms with Gasteiger partial charge in [0.05, 0.1) is 0 Å². The molecule has 2 rings (SSSR count). The molecular formula is C22H30O5S. The van der Waals surface area contributed by atoms with Gasteiger partial charge in [-0.3, -0.25) is 4.55 Å². The average molecular weight is 407 g/mol. The maximum absolute atomic E-state index is 11.9. The summed E-state index contributed by atoms with van der Waals surface area (Å²) in [5.41, 5.74) is 0.409. The number of phenols is 1. The lowest BCUT2D eigenvalue weighted by molar-refractivity contribution is 0.394. The molecule has 0 spiro atoms. The lowest BCUT2D eigenvalue weighted by Crippen LogP contribution is -2.05. The summed E-state index contributed by atoms with van der Waals surface area (Å²) in [7, 11) is -4.57. The molecule has 2 aromatic carbocycles. The Kier molecular flexibility index (Phi) is 8.80. The van der Waals surface area contributed by atoms with Gasteiger partial charge in [0.25, 0.3) is 10.1 Å². The molecule has 0 fully saturated rings. The van der Waals surface area contributed by atoms with E-state index in [1.807, 2.05) is 6.07 Å². The minimum absolute atomic E-state index is 0.00139. The third-order valence-corrected chi connectivity index (χ3v) is 5.68. The molecule has 6 heteroatoms. The fourth-order valence-electron chi connectivity index (χ4n) is 3.23. The molecule has 0 amide bonds. The molecule has 0 saturated heterocycles. The highest BCUT2D eigenvalue weighted by molar-refractivity contribution is 7.86. The number of ether oxygens (including phenoxy) is 1. The minimum atomic E-state index is -4.57. The molecule has 0 atom stereocenters. The second-order valence-electron chi connectivity index (χ2n) is 7.02. The fourth-order valence-corrected chi connectivity index (χ4v) is 4.07. The fraction of sp³-hybridized carbons (Fsp3) is 0.455. The van der Waals surface area contributed by atoms with Crippen LogP contribution >= 0.6 is 0 Å². The van der Waals surface area contributed by atoms with Crippen molar-refractivity contribution in [1.82, 2.24) is 0 Å². The Labute approximate surface area is 168 Å². The molecule has 2 aromatic rings. The van der Waals surface area contributed by atoms with E-state index in [0.29, 0.717) is 17.7 Å². The zero-order valence-corrected chi connectivity index (χ0v) is 17.2. The first-order valence-electron chi connectivity index (χ1n) is 9.98. The maximum atomic E-state index is 11.9. The summed E-state index contributed by atoms with van der Waals surface area (Å²) in [5.74, 6) is -0.0863. The van der Waals surface area contributed by atoms with Crippen molar-refractivity contribution in [2.45, 2.75) is 69.6 Å². The second-order valence-corrected chi connectivity index (χ2v) is 8.37. The second kappa shape index (κ2) is 11.1. The van der Waals surface area contributed by atoms with E-state index in [4.69, 9.17) is 4.74 Å². The zero-order chi connectivity index (χ0) is 20.4. The summed E-state index contributed by atoms with van der Waals surface area (Å²) in [6.07, 6.45) is 9.54. The van der Waals surface area contributed by atoms with E-state index >= 15 is 0 Å². The van der Waals surface area contributed by atoms with Crippen molar-refractivity contribution >= 4 is 10.1 Å². The van der Waals surface area contributed by atoms with Crippen molar-refractivity contribution in [2.75, 3.05) is 0 Å². The van der Waals surface area contributed by atoms with Crippen LogP contribution in [-0.2, 0) is 16.5 Å². The molecule has 0 aromatic heterocycles. The van der Waals surface area contributed by atoms with Crippen LogP contribution in [0.4, 0.5) is 0 Å². The Hall–Kier alpha value is -2.05. The quantitative estimate of drug-likeness (QED) is 0.328. The maximum Gasteiger partial charge on any atom is 0.298 e. The van der Waals surface area contributed by atoms with Crippen LogP contribution in [0.15, 0.2) is 47.4 Å². The number of para-hydroxylation sites is 1. The Balaban J connectivity index is 2.03. The highest BCUT2D eigenvalue weighted by Crippen LogP contribution is 2.38. The van der Waals surface area contributed by atoms with Gasteiger partial charge in [-0.15, -0.1) is 0 Å². The molecule has 0 saturated carbocycles. The van der Waals surface area contributed by atoms with Gasteiger partial charge < -0.3 is 9.84 Å². The topological polar surface area (TPSA) is 83.8 Å². The number of benzene rings is 2. The summed E-state index contributed by atoms with van der Waals surface area (Å²) in [6.45, 7) is 2.19. The molecule has 0 aliphatic carbocycles. The largest absolute Gasteiger partial charge is 0.503 e. The molecule has 0 bridgehead atoms. The molecule has 154 valence electrons. The molecule has 28 heavy (non-hydrogen) atoms. The van der Waals surface area contributed by atoms with Gasteiger partial charge in [-0.25, -0.2) is 0 Å². The first-order chi connectivity index (χ1) is 13.4. The molecule has 2 N–H and O–H groups in total. The van der Waals surface area contributed by atoms with Gasteiger partial charge in [0.1, 0.15) is 10.6 Å². The number of hydrogen-bond acceptors (Lipinski definition) is 4. The van der Waals surface area contributed by atoms with E-state index in [1.165, 1.54) is 38.2 Å². The third-order valence-electron chi connectivity index (χ3n) is 4.70. The average Bonchev–Trinajstić information content (AvgIpc) is 2.66. The van der Waals surface area contributed by atoms with Crippen LogP contribution in [0.3, 0.4) is 0 Å². The Morgan fingerprint density at radius 1 is 0.857 bits per heavy atom. The first kappa shape index (κ1) is 22.2. The predicted octanol–water partition coefficient (Wildman–Crippen LogP) is 6.11. The van der Waals surface area contributed by atoms with Crippen LogP contribution in [0.2, 0.25) is 0 Å². The summed E-state index contributed by atoms with van der Waals surface area (Å²) >= 11 is 0. The van der Waals surface area contributed by atoms with E-state index in [9.17, 15) is 18.1 Å². The van der Waals surface area contributed by atoms with Crippen LogP contribution in [0.1, 0.15) is 63.9 Å². The van der Waals surface area contributed by atoms with Crippen LogP contribution in [-0.4, -0.2) is 18.1 Å². The van der Waals surface area contributed by atoms with E-state index in [-0.39, 0.29) is 5.75 Å². The molecular weight excluding hydrogens is 376 g/mol. The minimum Gasteiger partial charge on any atom is -0.503 e. The predicted molar refractivity (Wildman–Crippen MR) is 111 cm³/mol. The van der Waals surface area contributed by atoms with E-state index < -0.39 is 20.8 Å². The van der Waals surface area contributed by atoms with Crippen molar-refractivity contribution in [3.63, 3.8) is 0 Å². The zero-order valence-electron chi connectivity index (χ0n) is 16.4. The van der Waals surface area contributed by atoms with Gasteiger partial charge in [-0.1, -0.05) is 76.1 Å². The number of aryl methyl sites for hydroxylation is 1.